The lowest BCUT2D eigenvalue weighted by atomic mass is 9.63. The Balaban J connectivity index is 1.08. The zero-order valence-electron chi connectivity index (χ0n) is 37.1. The molecule has 4 amide bonds. The van der Waals surface area contributed by atoms with Crippen LogP contribution in [0, 0.1) is 23.2 Å². The van der Waals surface area contributed by atoms with Crippen LogP contribution in [0.5, 0.6) is 0 Å². The summed E-state index contributed by atoms with van der Waals surface area (Å²) in [7, 11) is 2.57. The third kappa shape index (κ3) is 8.96. The fourth-order valence-corrected chi connectivity index (χ4v) is 9.65. The van der Waals surface area contributed by atoms with Crippen LogP contribution in [0.15, 0.2) is 71.0 Å². The molecule has 14 heteroatoms. The number of alkyl carbamates (subject to hydrolysis) is 2. The number of amides is 4. The molecule has 1 saturated carbocycles. The summed E-state index contributed by atoms with van der Waals surface area (Å²) in [4.78, 5) is 67.8. The Morgan fingerprint density at radius 1 is 0.871 bits per heavy atom. The first kappa shape index (κ1) is 44.0. The number of ether oxygens (including phenoxy) is 2. The van der Waals surface area contributed by atoms with Gasteiger partial charge in [-0.25, -0.2) is 14.6 Å². The molecule has 4 N–H and O–H groups in total. The second-order valence-electron chi connectivity index (χ2n) is 17.9. The second kappa shape index (κ2) is 18.5. The van der Waals surface area contributed by atoms with Gasteiger partial charge in [0.1, 0.15) is 23.9 Å². The van der Waals surface area contributed by atoms with E-state index in [1.54, 1.807) is 22.2 Å². The minimum Gasteiger partial charge on any atom is -0.453 e. The summed E-state index contributed by atoms with van der Waals surface area (Å²) in [6.45, 7) is 12.8. The quantitative estimate of drug-likeness (QED) is 0.0997. The predicted molar refractivity (Wildman–Crippen MR) is 239 cm³/mol. The van der Waals surface area contributed by atoms with Crippen molar-refractivity contribution < 1.29 is 28.7 Å². The van der Waals surface area contributed by atoms with E-state index >= 15 is 0 Å². The molecule has 14 nitrogen and oxygen atoms in total. The van der Waals surface area contributed by atoms with Crippen molar-refractivity contribution in [1.82, 2.24) is 30.4 Å². The van der Waals surface area contributed by atoms with Crippen molar-refractivity contribution in [2.24, 2.45) is 22.7 Å². The van der Waals surface area contributed by atoms with Gasteiger partial charge in [-0.1, -0.05) is 88.7 Å². The smallest absolute Gasteiger partial charge is 0.407 e. The number of hydrogen-bond acceptors (Lipinski definition) is 9. The van der Waals surface area contributed by atoms with E-state index in [-0.39, 0.29) is 36.1 Å². The minimum atomic E-state index is -0.740. The van der Waals surface area contributed by atoms with E-state index in [1.165, 1.54) is 30.9 Å². The summed E-state index contributed by atoms with van der Waals surface area (Å²) < 4.78 is 9.57. The summed E-state index contributed by atoms with van der Waals surface area (Å²) >= 11 is 0. The largest absolute Gasteiger partial charge is 0.453 e. The van der Waals surface area contributed by atoms with Gasteiger partial charge in [-0.15, -0.1) is 0 Å². The minimum absolute atomic E-state index is 0.138. The van der Waals surface area contributed by atoms with Crippen LogP contribution in [0.2, 0.25) is 0 Å². The van der Waals surface area contributed by atoms with Gasteiger partial charge in [0.2, 0.25) is 11.8 Å². The third-order valence-corrected chi connectivity index (χ3v) is 12.8. The molecule has 8 rings (SSSR count). The number of aromatic nitrogens is 2. The van der Waals surface area contributed by atoms with Gasteiger partial charge < -0.3 is 34.9 Å². The molecule has 62 heavy (non-hydrogen) atoms. The van der Waals surface area contributed by atoms with Gasteiger partial charge >= 0.3 is 12.2 Å². The topological polar surface area (TPSA) is 182 Å². The molecule has 0 spiro atoms. The van der Waals surface area contributed by atoms with Gasteiger partial charge in [0.15, 0.2) is 0 Å². The number of aliphatic imine (C=N–C) groups is 1. The molecule has 4 atom stereocenters. The van der Waals surface area contributed by atoms with Crippen LogP contribution in [-0.2, 0) is 19.1 Å². The molecule has 328 valence electrons. The van der Waals surface area contributed by atoms with Crippen LogP contribution < -0.4 is 10.6 Å². The number of nitrogens with one attached hydrogen (secondary N) is 4. The Morgan fingerprint density at radius 3 is 2.08 bits per heavy atom. The SMILES string of the molecule is COC(=O)NC(C(=O)N1CC(C)C=C1CN=CC(=N)c1ccc(-c2ccc(-c3cnc(C4C=C(C)CN4C(=O)C(NC(=O)OC)C(C)C)[nH]3)cc2)c2c1C1CCC2CC1)C(C)C. The zero-order chi connectivity index (χ0) is 44.4. The van der Waals surface area contributed by atoms with Crippen LogP contribution in [-0.4, -0.2) is 102 Å². The molecule has 4 unspecified atom stereocenters. The number of nitrogens with zero attached hydrogens (tertiary/aromatic N) is 4. The first-order valence-corrected chi connectivity index (χ1v) is 21.8. The highest BCUT2D eigenvalue weighted by molar-refractivity contribution is 6.37. The van der Waals surface area contributed by atoms with Gasteiger partial charge in [-0.3, -0.25) is 20.0 Å². The molecule has 5 aliphatic rings. The fraction of sp³-hybridized carbons (Fsp3) is 0.479. The fourth-order valence-electron chi connectivity index (χ4n) is 9.65. The highest BCUT2D eigenvalue weighted by Crippen LogP contribution is 2.53. The van der Waals surface area contributed by atoms with Crippen LogP contribution >= 0.6 is 0 Å². The lowest BCUT2D eigenvalue weighted by molar-refractivity contribution is -0.135. The number of carbonyl (C=O) groups excluding carboxylic acids is 4. The molecule has 2 aromatic carbocycles. The maximum atomic E-state index is 13.8. The molecule has 2 bridgehead atoms. The molecule has 3 aromatic rings. The number of benzene rings is 2. The number of fused-ring (bicyclic) bond motifs is 2. The second-order valence-corrected chi connectivity index (χ2v) is 17.9. The average Bonchev–Trinajstić information content (AvgIpc) is 4.02. The van der Waals surface area contributed by atoms with Gasteiger partial charge in [-0.2, -0.15) is 0 Å². The molecule has 2 aliphatic heterocycles. The van der Waals surface area contributed by atoms with Crippen LogP contribution in [0.25, 0.3) is 22.4 Å². The Bertz CT molecular complexity index is 2300. The molecule has 3 aliphatic carbocycles. The normalized spacial score (nSPS) is 21.5. The number of hydrogen-bond donors (Lipinski definition) is 4. The third-order valence-electron chi connectivity index (χ3n) is 12.8. The lowest BCUT2D eigenvalue weighted by Crippen LogP contribution is -2.51. The maximum absolute atomic E-state index is 13.8. The van der Waals surface area contributed by atoms with Crippen molar-refractivity contribution in [1.29, 1.82) is 5.41 Å². The van der Waals surface area contributed by atoms with Gasteiger partial charge in [-0.05, 0) is 90.0 Å². The van der Waals surface area contributed by atoms with E-state index in [0.717, 1.165) is 59.3 Å². The first-order valence-electron chi connectivity index (χ1n) is 21.8. The maximum Gasteiger partial charge on any atom is 0.407 e. The van der Waals surface area contributed by atoms with Crippen molar-refractivity contribution in [3.63, 3.8) is 0 Å². The highest BCUT2D eigenvalue weighted by atomic mass is 16.5. The summed E-state index contributed by atoms with van der Waals surface area (Å²) in [6.07, 6.45) is 10.7. The first-order chi connectivity index (χ1) is 29.7. The van der Waals surface area contributed by atoms with Crippen molar-refractivity contribution in [3.05, 3.63) is 88.5 Å². The number of H-pyrrole nitrogens is 1. The van der Waals surface area contributed by atoms with E-state index in [1.807, 2.05) is 53.7 Å². The van der Waals surface area contributed by atoms with Crippen LogP contribution in [0.4, 0.5) is 9.59 Å². The molecule has 1 fully saturated rings. The van der Waals surface area contributed by atoms with Crippen molar-refractivity contribution in [3.8, 4) is 22.4 Å². The van der Waals surface area contributed by atoms with Crippen molar-refractivity contribution in [2.45, 2.75) is 97.2 Å². The molecular formula is C48H60N8O6. The zero-order valence-corrected chi connectivity index (χ0v) is 37.1. The number of imidazole rings is 1. The molecular weight excluding hydrogens is 785 g/mol. The monoisotopic (exact) mass is 844 g/mol. The molecule has 0 radical (unpaired) electrons. The predicted octanol–water partition coefficient (Wildman–Crippen LogP) is 7.89. The summed E-state index contributed by atoms with van der Waals surface area (Å²) in [5, 5.41) is 14.6. The number of carbonyl (C=O) groups is 4. The molecule has 0 saturated heterocycles. The van der Waals surface area contributed by atoms with Crippen molar-refractivity contribution in [2.75, 3.05) is 33.9 Å². The van der Waals surface area contributed by atoms with Crippen LogP contribution in [0.1, 0.15) is 108 Å². The van der Waals surface area contributed by atoms with E-state index < -0.39 is 30.3 Å². The molecule has 3 heterocycles. The lowest BCUT2D eigenvalue weighted by Gasteiger charge is -2.41. The number of rotatable bonds is 13. The van der Waals surface area contributed by atoms with Gasteiger partial charge in [0.25, 0.3) is 0 Å². The molecule has 1 aromatic heterocycles. The average molecular weight is 845 g/mol. The van der Waals surface area contributed by atoms with E-state index in [2.05, 4.69) is 52.0 Å². The summed E-state index contributed by atoms with van der Waals surface area (Å²) in [5.74, 6) is 0.924. The summed E-state index contributed by atoms with van der Waals surface area (Å²) in [5.41, 5.74) is 9.80. The van der Waals surface area contributed by atoms with Gasteiger partial charge in [0.05, 0.1) is 38.4 Å². The number of methoxy groups -OCH3 is 2. The Kier molecular flexibility index (Phi) is 13.1. The van der Waals surface area contributed by atoms with E-state index in [0.29, 0.717) is 36.5 Å². The van der Waals surface area contributed by atoms with Crippen molar-refractivity contribution >= 4 is 35.9 Å². The van der Waals surface area contributed by atoms with Crippen LogP contribution in [0.3, 0.4) is 0 Å². The Hall–Kier alpha value is -6.05. The Morgan fingerprint density at radius 2 is 1.47 bits per heavy atom. The van der Waals surface area contributed by atoms with E-state index in [9.17, 15) is 24.6 Å². The summed E-state index contributed by atoms with van der Waals surface area (Å²) in [6, 6.07) is 10.8. The Labute approximate surface area is 364 Å². The number of aromatic amines is 1. The highest BCUT2D eigenvalue weighted by Gasteiger charge is 2.39. The van der Waals surface area contributed by atoms with E-state index in [4.69, 9.17) is 19.5 Å². The standard InChI is InChI=1S/C48H60N8O6/c1-26(2)42(53-47(59)61-7)45(57)55-24-28(5)19-34(55)21-50-22-37(49)36-18-17-35(40-32-13-15-33(16-14-32)41(36)40)30-9-11-31(12-10-30)38-23-51-44(52-38)39-20-29(6)25-56(39)46(58)43(27(3)4)54-48(60)62-8/h9-12,17-20,22-23,26-28,32-33,39,42-43,49H,13-16,21,24-25H2,1-8H3,(H,51,52)(H,53,59)(H,54,60). The van der Waals surface area contributed by atoms with Gasteiger partial charge in [0, 0.05) is 30.6 Å².